The molecule has 7 heteroatoms. The molecule has 0 aliphatic heterocycles. The number of amides is 2. The summed E-state index contributed by atoms with van der Waals surface area (Å²) in [6.45, 7) is 1.87. The summed E-state index contributed by atoms with van der Waals surface area (Å²) in [7, 11) is 3.12. The van der Waals surface area contributed by atoms with E-state index in [1.54, 1.807) is 39.3 Å². The third kappa shape index (κ3) is 4.28. The van der Waals surface area contributed by atoms with E-state index in [2.05, 4.69) is 10.6 Å². The summed E-state index contributed by atoms with van der Waals surface area (Å²) in [6, 6.07) is 7.77. The molecule has 1 heterocycles. The predicted molar refractivity (Wildman–Crippen MR) is 87.0 cm³/mol. The standard InChI is InChI=1S/C17H20N2O5/c1-11(19-17(21)14-5-4-8-24-14)16(20)18-10-12-6-7-13(22-2)9-15(12)23-3/h4-9,11H,10H2,1-3H3,(H,18,20)(H,19,21). The monoisotopic (exact) mass is 332 g/mol. The summed E-state index contributed by atoms with van der Waals surface area (Å²) < 4.78 is 15.4. The molecule has 0 fully saturated rings. The lowest BCUT2D eigenvalue weighted by atomic mass is 10.2. The van der Waals surface area contributed by atoms with Crippen molar-refractivity contribution in [3.8, 4) is 11.5 Å². The van der Waals surface area contributed by atoms with Gasteiger partial charge in [0.25, 0.3) is 5.91 Å². The number of ether oxygens (including phenoxy) is 2. The molecule has 0 bridgehead atoms. The topological polar surface area (TPSA) is 89.8 Å². The van der Waals surface area contributed by atoms with Gasteiger partial charge >= 0.3 is 0 Å². The van der Waals surface area contributed by atoms with Crippen LogP contribution in [0.5, 0.6) is 11.5 Å². The molecular weight excluding hydrogens is 312 g/mol. The molecular formula is C17H20N2O5. The highest BCUT2D eigenvalue weighted by Crippen LogP contribution is 2.24. The predicted octanol–water partition coefficient (Wildman–Crippen LogP) is 1.73. The van der Waals surface area contributed by atoms with Crippen molar-refractivity contribution in [2.45, 2.75) is 19.5 Å². The average molecular weight is 332 g/mol. The lowest BCUT2D eigenvalue weighted by Crippen LogP contribution is -2.44. The second kappa shape index (κ2) is 8.05. The number of hydrogen-bond donors (Lipinski definition) is 2. The van der Waals surface area contributed by atoms with Crippen LogP contribution in [0, 0.1) is 0 Å². The van der Waals surface area contributed by atoms with E-state index in [1.165, 1.54) is 12.3 Å². The highest BCUT2D eigenvalue weighted by molar-refractivity contribution is 5.95. The van der Waals surface area contributed by atoms with Gasteiger partial charge in [0, 0.05) is 18.2 Å². The molecule has 2 amide bonds. The molecule has 1 aromatic carbocycles. The molecule has 0 saturated heterocycles. The molecule has 1 aromatic heterocycles. The molecule has 0 aliphatic carbocycles. The molecule has 128 valence electrons. The van der Waals surface area contributed by atoms with Crippen LogP contribution < -0.4 is 20.1 Å². The number of carbonyl (C=O) groups is 2. The normalized spacial score (nSPS) is 11.5. The van der Waals surface area contributed by atoms with E-state index in [9.17, 15) is 9.59 Å². The molecule has 2 aromatic rings. The quantitative estimate of drug-likeness (QED) is 0.806. The second-order valence-electron chi connectivity index (χ2n) is 5.07. The highest BCUT2D eigenvalue weighted by atomic mass is 16.5. The van der Waals surface area contributed by atoms with Crippen molar-refractivity contribution in [2.75, 3.05) is 14.2 Å². The lowest BCUT2D eigenvalue weighted by molar-refractivity contribution is -0.122. The fourth-order valence-electron chi connectivity index (χ4n) is 2.07. The third-order valence-corrected chi connectivity index (χ3v) is 3.43. The maximum Gasteiger partial charge on any atom is 0.287 e. The van der Waals surface area contributed by atoms with Crippen molar-refractivity contribution in [3.63, 3.8) is 0 Å². The number of benzene rings is 1. The molecule has 1 unspecified atom stereocenters. The van der Waals surface area contributed by atoms with Gasteiger partial charge in [0.2, 0.25) is 5.91 Å². The molecule has 2 rings (SSSR count). The largest absolute Gasteiger partial charge is 0.497 e. The summed E-state index contributed by atoms with van der Waals surface area (Å²) in [4.78, 5) is 24.0. The molecule has 7 nitrogen and oxygen atoms in total. The Kier molecular flexibility index (Phi) is 5.83. The smallest absolute Gasteiger partial charge is 0.287 e. The van der Waals surface area contributed by atoms with Crippen LogP contribution in [0.3, 0.4) is 0 Å². The Morgan fingerprint density at radius 3 is 2.62 bits per heavy atom. The fraction of sp³-hybridized carbons (Fsp3) is 0.294. The van der Waals surface area contributed by atoms with Gasteiger partial charge in [0.15, 0.2) is 5.76 Å². The van der Waals surface area contributed by atoms with Crippen LogP contribution in [0.4, 0.5) is 0 Å². The van der Waals surface area contributed by atoms with E-state index in [0.29, 0.717) is 11.5 Å². The van der Waals surface area contributed by atoms with Gasteiger partial charge in [0.1, 0.15) is 17.5 Å². The summed E-state index contributed by atoms with van der Waals surface area (Å²) in [6.07, 6.45) is 1.40. The number of hydrogen-bond acceptors (Lipinski definition) is 5. The number of nitrogens with one attached hydrogen (secondary N) is 2. The van der Waals surface area contributed by atoms with Crippen LogP contribution >= 0.6 is 0 Å². The molecule has 0 aliphatic rings. The Bertz CT molecular complexity index is 697. The van der Waals surface area contributed by atoms with E-state index < -0.39 is 11.9 Å². The van der Waals surface area contributed by atoms with Crippen molar-refractivity contribution in [3.05, 3.63) is 47.9 Å². The summed E-state index contributed by atoms with van der Waals surface area (Å²) in [5, 5.41) is 5.33. The van der Waals surface area contributed by atoms with Crippen molar-refractivity contribution >= 4 is 11.8 Å². The second-order valence-corrected chi connectivity index (χ2v) is 5.07. The van der Waals surface area contributed by atoms with Gasteiger partial charge in [-0.1, -0.05) is 0 Å². The number of rotatable bonds is 7. The van der Waals surface area contributed by atoms with Crippen LogP contribution in [0.2, 0.25) is 0 Å². The first-order valence-electron chi connectivity index (χ1n) is 7.38. The summed E-state index contributed by atoms with van der Waals surface area (Å²) >= 11 is 0. The maximum atomic E-state index is 12.1. The van der Waals surface area contributed by atoms with Crippen LogP contribution in [0.15, 0.2) is 41.0 Å². The van der Waals surface area contributed by atoms with Gasteiger partial charge in [-0.15, -0.1) is 0 Å². The Morgan fingerprint density at radius 2 is 2.00 bits per heavy atom. The molecule has 2 N–H and O–H groups in total. The number of carbonyl (C=O) groups excluding carboxylic acids is 2. The van der Waals surface area contributed by atoms with Crippen LogP contribution in [-0.2, 0) is 11.3 Å². The molecule has 1 atom stereocenters. The highest BCUT2D eigenvalue weighted by Gasteiger charge is 2.18. The van der Waals surface area contributed by atoms with E-state index in [0.717, 1.165) is 5.56 Å². The minimum absolute atomic E-state index is 0.159. The zero-order valence-corrected chi connectivity index (χ0v) is 13.8. The SMILES string of the molecule is COc1ccc(CNC(=O)C(C)NC(=O)c2ccco2)c(OC)c1. The van der Waals surface area contributed by atoms with Gasteiger partial charge in [-0.3, -0.25) is 9.59 Å². The zero-order valence-electron chi connectivity index (χ0n) is 13.8. The first-order valence-corrected chi connectivity index (χ1v) is 7.38. The molecule has 0 saturated carbocycles. The van der Waals surface area contributed by atoms with Crippen molar-refractivity contribution < 1.29 is 23.5 Å². The fourth-order valence-corrected chi connectivity index (χ4v) is 2.07. The molecule has 0 spiro atoms. The summed E-state index contributed by atoms with van der Waals surface area (Å²) in [5.74, 6) is 0.687. The number of furan rings is 1. The van der Waals surface area contributed by atoms with Crippen molar-refractivity contribution in [2.24, 2.45) is 0 Å². The lowest BCUT2D eigenvalue weighted by Gasteiger charge is -2.15. The maximum absolute atomic E-state index is 12.1. The average Bonchev–Trinajstić information content (AvgIpc) is 3.14. The third-order valence-electron chi connectivity index (χ3n) is 3.43. The van der Waals surface area contributed by atoms with E-state index in [1.807, 2.05) is 6.07 Å². The molecule has 0 radical (unpaired) electrons. The van der Waals surface area contributed by atoms with Crippen LogP contribution in [0.1, 0.15) is 23.0 Å². The van der Waals surface area contributed by atoms with Gasteiger partial charge < -0.3 is 24.5 Å². The van der Waals surface area contributed by atoms with E-state index in [-0.39, 0.29) is 18.2 Å². The van der Waals surface area contributed by atoms with Gasteiger partial charge in [0.05, 0.1) is 20.5 Å². The number of methoxy groups -OCH3 is 2. The minimum atomic E-state index is -0.702. The van der Waals surface area contributed by atoms with Gasteiger partial charge in [-0.05, 0) is 31.2 Å². The van der Waals surface area contributed by atoms with E-state index in [4.69, 9.17) is 13.9 Å². The zero-order chi connectivity index (χ0) is 17.5. The minimum Gasteiger partial charge on any atom is -0.497 e. The van der Waals surface area contributed by atoms with Crippen molar-refractivity contribution in [1.82, 2.24) is 10.6 Å². The Labute approximate surface area is 139 Å². The van der Waals surface area contributed by atoms with Crippen LogP contribution in [-0.4, -0.2) is 32.1 Å². The van der Waals surface area contributed by atoms with Crippen LogP contribution in [0.25, 0.3) is 0 Å². The Balaban J connectivity index is 1.91. The Morgan fingerprint density at radius 1 is 1.21 bits per heavy atom. The Hall–Kier alpha value is -2.96. The first kappa shape index (κ1) is 17.4. The van der Waals surface area contributed by atoms with E-state index >= 15 is 0 Å². The van der Waals surface area contributed by atoms with Crippen molar-refractivity contribution in [1.29, 1.82) is 0 Å². The van der Waals surface area contributed by atoms with Gasteiger partial charge in [-0.2, -0.15) is 0 Å². The first-order chi connectivity index (χ1) is 11.5. The van der Waals surface area contributed by atoms with Gasteiger partial charge in [-0.25, -0.2) is 0 Å². The molecule has 24 heavy (non-hydrogen) atoms. The summed E-state index contributed by atoms with van der Waals surface area (Å²) in [5.41, 5.74) is 0.802.